The number of hydrogen-bond donors (Lipinski definition) is 2. The van der Waals surface area contributed by atoms with Crippen LogP contribution in [0.4, 0.5) is 0 Å². The summed E-state index contributed by atoms with van der Waals surface area (Å²) in [7, 11) is 1.55. The first-order valence-corrected chi connectivity index (χ1v) is 6.35. The molecule has 5 heteroatoms. The van der Waals surface area contributed by atoms with Crippen LogP contribution in [0.15, 0.2) is 12.1 Å². The molecule has 0 amide bonds. The van der Waals surface area contributed by atoms with Crippen LogP contribution in [0.1, 0.15) is 12.0 Å². The Labute approximate surface area is 118 Å². The molecule has 0 aliphatic rings. The monoisotopic (exact) mass is 283 g/mol. The second kappa shape index (κ2) is 8.65. The highest BCUT2D eigenvalue weighted by atomic mass is 35.5. The van der Waals surface area contributed by atoms with Crippen molar-refractivity contribution in [3.63, 3.8) is 0 Å². The molecule has 104 valence electrons. The summed E-state index contributed by atoms with van der Waals surface area (Å²) in [5, 5.41) is 12.4. The number of nitrogens with one attached hydrogen (secondary N) is 1. The van der Waals surface area contributed by atoms with E-state index in [0.717, 1.165) is 12.1 Å². The number of aliphatic hydroxyl groups excluding tert-OH is 1. The topological polar surface area (TPSA) is 50.7 Å². The van der Waals surface area contributed by atoms with E-state index in [-0.39, 0.29) is 13.2 Å². The number of ether oxygens (including phenoxy) is 2. The fourth-order valence-corrected chi connectivity index (χ4v) is 1.85. The molecule has 0 aliphatic carbocycles. The number of terminal acetylenes is 1. The van der Waals surface area contributed by atoms with Crippen LogP contribution in [0.2, 0.25) is 5.02 Å². The first kappa shape index (κ1) is 15.6. The molecule has 0 fully saturated rings. The maximum atomic E-state index is 8.69. The van der Waals surface area contributed by atoms with Gasteiger partial charge in [-0.3, -0.25) is 0 Å². The molecule has 1 rings (SSSR count). The van der Waals surface area contributed by atoms with Crippen LogP contribution < -0.4 is 14.8 Å². The molecule has 0 bridgehead atoms. The summed E-state index contributed by atoms with van der Waals surface area (Å²) in [5.41, 5.74) is 0.979. The summed E-state index contributed by atoms with van der Waals surface area (Å²) in [6.07, 6.45) is 5.87. The highest BCUT2D eigenvalue weighted by Crippen LogP contribution is 2.36. The Kier molecular flexibility index (Phi) is 7.12. The maximum Gasteiger partial charge on any atom is 0.181 e. The lowest BCUT2D eigenvalue weighted by molar-refractivity contribution is 0.286. The van der Waals surface area contributed by atoms with Gasteiger partial charge in [0.1, 0.15) is 6.61 Å². The zero-order valence-corrected chi connectivity index (χ0v) is 11.7. The van der Waals surface area contributed by atoms with Gasteiger partial charge in [0.05, 0.1) is 12.1 Å². The maximum absolute atomic E-state index is 8.69. The summed E-state index contributed by atoms with van der Waals surface area (Å²) < 4.78 is 10.6. The summed E-state index contributed by atoms with van der Waals surface area (Å²) in [6.45, 7) is 1.71. The van der Waals surface area contributed by atoms with E-state index < -0.39 is 0 Å². The van der Waals surface area contributed by atoms with Crippen molar-refractivity contribution in [3.05, 3.63) is 22.7 Å². The molecular formula is C14H18ClNO3. The van der Waals surface area contributed by atoms with E-state index in [4.69, 9.17) is 32.6 Å². The van der Waals surface area contributed by atoms with Gasteiger partial charge in [0.25, 0.3) is 0 Å². The lowest BCUT2D eigenvalue weighted by Gasteiger charge is -2.13. The van der Waals surface area contributed by atoms with E-state index in [1.54, 1.807) is 7.11 Å². The molecule has 0 aromatic heterocycles. The van der Waals surface area contributed by atoms with Crippen molar-refractivity contribution in [1.82, 2.24) is 5.32 Å². The van der Waals surface area contributed by atoms with Crippen molar-refractivity contribution < 1.29 is 14.6 Å². The second-order valence-electron chi connectivity index (χ2n) is 3.86. The summed E-state index contributed by atoms with van der Waals surface area (Å²) >= 11 is 6.15. The third kappa shape index (κ3) is 4.99. The Morgan fingerprint density at radius 2 is 2.26 bits per heavy atom. The summed E-state index contributed by atoms with van der Waals surface area (Å²) in [4.78, 5) is 0. The number of rotatable bonds is 8. The van der Waals surface area contributed by atoms with Gasteiger partial charge < -0.3 is 19.9 Å². The molecule has 1 aromatic rings. The van der Waals surface area contributed by atoms with Gasteiger partial charge in [-0.2, -0.15) is 0 Å². The smallest absolute Gasteiger partial charge is 0.181 e. The number of methoxy groups -OCH3 is 1. The van der Waals surface area contributed by atoms with Crippen LogP contribution in [-0.2, 0) is 6.54 Å². The van der Waals surface area contributed by atoms with Gasteiger partial charge in [0.15, 0.2) is 11.5 Å². The minimum Gasteiger partial charge on any atom is -0.493 e. The largest absolute Gasteiger partial charge is 0.493 e. The molecule has 0 heterocycles. The zero-order valence-electron chi connectivity index (χ0n) is 10.9. The van der Waals surface area contributed by atoms with Crippen molar-refractivity contribution in [2.45, 2.75) is 13.0 Å². The molecule has 0 saturated carbocycles. The fourth-order valence-electron chi connectivity index (χ4n) is 1.57. The number of halogens is 1. The molecule has 0 saturated heterocycles. The van der Waals surface area contributed by atoms with E-state index >= 15 is 0 Å². The van der Waals surface area contributed by atoms with Crippen LogP contribution in [0.25, 0.3) is 0 Å². The number of benzene rings is 1. The predicted octanol–water partition coefficient (Wildman–Crippen LogP) is 1.83. The predicted molar refractivity (Wildman–Crippen MR) is 75.7 cm³/mol. The van der Waals surface area contributed by atoms with Crippen molar-refractivity contribution in [2.75, 3.05) is 26.9 Å². The minimum atomic E-state index is 0.143. The Morgan fingerprint density at radius 1 is 1.47 bits per heavy atom. The van der Waals surface area contributed by atoms with Crippen LogP contribution >= 0.6 is 11.6 Å². The molecule has 0 radical (unpaired) electrons. The number of hydrogen-bond acceptors (Lipinski definition) is 4. The molecule has 2 N–H and O–H groups in total. The Morgan fingerprint density at radius 3 is 2.89 bits per heavy atom. The van der Waals surface area contributed by atoms with Gasteiger partial charge in [0.2, 0.25) is 0 Å². The minimum absolute atomic E-state index is 0.143. The van der Waals surface area contributed by atoms with Crippen LogP contribution in [0.3, 0.4) is 0 Å². The fraction of sp³-hybridized carbons (Fsp3) is 0.429. The Hall–Kier alpha value is -1.41. The third-order valence-corrected chi connectivity index (χ3v) is 2.71. The van der Waals surface area contributed by atoms with Crippen molar-refractivity contribution in [2.24, 2.45) is 0 Å². The lowest BCUT2D eigenvalue weighted by Crippen LogP contribution is -2.15. The highest BCUT2D eigenvalue weighted by molar-refractivity contribution is 6.32. The van der Waals surface area contributed by atoms with E-state index in [1.807, 2.05) is 12.1 Å². The second-order valence-corrected chi connectivity index (χ2v) is 4.26. The average molecular weight is 284 g/mol. The van der Waals surface area contributed by atoms with E-state index in [2.05, 4.69) is 11.2 Å². The first-order chi connectivity index (χ1) is 9.22. The molecule has 0 spiro atoms. The van der Waals surface area contributed by atoms with Crippen molar-refractivity contribution in [1.29, 1.82) is 0 Å². The van der Waals surface area contributed by atoms with Crippen LogP contribution in [0.5, 0.6) is 11.5 Å². The van der Waals surface area contributed by atoms with Gasteiger partial charge in [-0.1, -0.05) is 17.5 Å². The molecule has 1 aromatic carbocycles. The molecule has 19 heavy (non-hydrogen) atoms. The van der Waals surface area contributed by atoms with Gasteiger partial charge >= 0.3 is 0 Å². The van der Waals surface area contributed by atoms with Crippen molar-refractivity contribution >= 4 is 11.6 Å². The average Bonchev–Trinajstić information content (AvgIpc) is 2.42. The van der Waals surface area contributed by atoms with E-state index in [0.29, 0.717) is 29.5 Å². The number of aliphatic hydroxyl groups is 1. The Balaban J connectivity index is 2.75. The molecule has 0 aliphatic heterocycles. The molecule has 4 nitrogen and oxygen atoms in total. The molecule has 0 atom stereocenters. The van der Waals surface area contributed by atoms with Crippen LogP contribution in [-0.4, -0.2) is 32.0 Å². The SMILES string of the molecule is C#CCOc1c(Cl)cc(CNCCCO)cc1OC. The highest BCUT2D eigenvalue weighted by Gasteiger charge is 2.11. The van der Waals surface area contributed by atoms with Gasteiger partial charge in [-0.05, 0) is 30.7 Å². The molecule has 0 unspecified atom stereocenters. The quantitative estimate of drug-likeness (QED) is 0.565. The van der Waals surface area contributed by atoms with Gasteiger partial charge in [-0.25, -0.2) is 0 Å². The lowest BCUT2D eigenvalue weighted by atomic mass is 10.2. The Bertz CT molecular complexity index is 443. The van der Waals surface area contributed by atoms with E-state index in [1.165, 1.54) is 0 Å². The van der Waals surface area contributed by atoms with Crippen LogP contribution in [0, 0.1) is 12.3 Å². The third-order valence-electron chi connectivity index (χ3n) is 2.43. The first-order valence-electron chi connectivity index (χ1n) is 5.97. The molecular weight excluding hydrogens is 266 g/mol. The zero-order chi connectivity index (χ0) is 14.1. The van der Waals surface area contributed by atoms with Crippen molar-refractivity contribution in [3.8, 4) is 23.8 Å². The normalized spacial score (nSPS) is 10.0. The standard InChI is InChI=1S/C14H18ClNO3/c1-3-7-19-14-12(15)8-11(9-13(14)18-2)10-16-5-4-6-17/h1,8-9,16-17H,4-7,10H2,2H3. The van der Waals surface area contributed by atoms with Gasteiger partial charge in [-0.15, -0.1) is 6.42 Å². The summed E-state index contributed by atoms with van der Waals surface area (Å²) in [5.74, 6) is 3.40. The van der Waals surface area contributed by atoms with E-state index in [9.17, 15) is 0 Å². The summed E-state index contributed by atoms with van der Waals surface area (Å²) in [6, 6.07) is 3.66. The van der Waals surface area contributed by atoms with Gasteiger partial charge in [0, 0.05) is 13.2 Å².